The number of benzene rings is 3. The van der Waals surface area contributed by atoms with Crippen LogP contribution < -0.4 is 19.7 Å². The van der Waals surface area contributed by atoms with Crippen LogP contribution in [-0.4, -0.2) is 32.9 Å². The second-order valence-electron chi connectivity index (χ2n) is 7.75. The van der Waals surface area contributed by atoms with Crippen LogP contribution >= 0.6 is 23.2 Å². The average molecular weight is 487 g/mol. The van der Waals surface area contributed by atoms with Gasteiger partial charge in [-0.05, 0) is 66.6 Å². The maximum atomic E-state index is 6.58. The van der Waals surface area contributed by atoms with Crippen LogP contribution in [0.1, 0.15) is 18.1 Å². The summed E-state index contributed by atoms with van der Waals surface area (Å²) in [5, 5.41) is 4.68. The lowest BCUT2D eigenvalue weighted by Gasteiger charge is -2.29. The van der Waals surface area contributed by atoms with Gasteiger partial charge in [0.1, 0.15) is 6.61 Å². The van der Waals surface area contributed by atoms with Crippen LogP contribution in [0, 0.1) is 0 Å². The van der Waals surface area contributed by atoms with E-state index in [9.17, 15) is 0 Å². The molecule has 3 aromatic carbocycles. The van der Waals surface area contributed by atoms with Gasteiger partial charge < -0.3 is 24.4 Å². The second kappa shape index (κ2) is 11.5. The molecular weight excluding hydrogens is 459 g/mol. The topological polar surface area (TPSA) is 43.0 Å². The molecule has 0 atom stereocenters. The summed E-state index contributed by atoms with van der Waals surface area (Å²) < 4.78 is 17.3. The quantitative estimate of drug-likeness (QED) is 0.377. The molecule has 0 aromatic heterocycles. The Morgan fingerprint density at radius 3 is 2.33 bits per heavy atom. The summed E-state index contributed by atoms with van der Waals surface area (Å²) in [6, 6.07) is 19.9. The summed E-state index contributed by atoms with van der Waals surface area (Å²) in [5.74, 6) is 1.19. The number of anilines is 2. The van der Waals surface area contributed by atoms with Gasteiger partial charge >= 0.3 is 0 Å². The third-order valence-electron chi connectivity index (χ3n) is 5.41. The van der Waals surface area contributed by atoms with Crippen LogP contribution in [0.4, 0.5) is 11.4 Å². The van der Waals surface area contributed by atoms with Crippen LogP contribution in [0.5, 0.6) is 11.5 Å². The molecule has 1 heterocycles. The number of nitrogens with zero attached hydrogens (tertiary/aromatic N) is 1. The molecule has 1 saturated heterocycles. The molecule has 0 amide bonds. The van der Waals surface area contributed by atoms with Crippen LogP contribution in [-0.2, 0) is 17.9 Å². The monoisotopic (exact) mass is 486 g/mol. The molecule has 1 N–H and O–H groups in total. The van der Waals surface area contributed by atoms with Gasteiger partial charge in [-0.1, -0.05) is 35.3 Å². The van der Waals surface area contributed by atoms with Gasteiger partial charge in [-0.15, -0.1) is 0 Å². The Morgan fingerprint density at radius 2 is 1.64 bits per heavy atom. The van der Waals surface area contributed by atoms with Crippen molar-refractivity contribution in [1.29, 1.82) is 0 Å². The minimum Gasteiger partial charge on any atom is -0.490 e. The molecule has 7 heteroatoms. The Balaban J connectivity index is 1.40. The largest absolute Gasteiger partial charge is 0.490 e. The van der Waals surface area contributed by atoms with Crippen molar-refractivity contribution in [3.05, 3.63) is 81.8 Å². The standard InChI is InChI=1S/C26H28Cl2N2O3/c1-2-32-25-16-20(15-24(28)26(25)33-18-19-3-5-21(27)6-4-19)17-29-22-7-9-23(10-8-22)30-11-13-31-14-12-30/h3-10,15-16,29H,2,11-14,17-18H2,1H3. The zero-order valence-corrected chi connectivity index (χ0v) is 20.2. The number of hydrogen-bond donors (Lipinski definition) is 1. The van der Waals surface area contributed by atoms with Crippen molar-refractivity contribution in [1.82, 2.24) is 0 Å². The minimum atomic E-state index is 0.379. The maximum Gasteiger partial charge on any atom is 0.180 e. The highest BCUT2D eigenvalue weighted by Gasteiger charge is 2.14. The number of halogens is 2. The van der Waals surface area contributed by atoms with Gasteiger partial charge in [-0.2, -0.15) is 0 Å². The van der Waals surface area contributed by atoms with Crippen LogP contribution in [0.25, 0.3) is 0 Å². The zero-order chi connectivity index (χ0) is 23.0. The zero-order valence-electron chi connectivity index (χ0n) is 18.7. The maximum absolute atomic E-state index is 6.58. The normalized spacial score (nSPS) is 13.6. The van der Waals surface area contributed by atoms with Crippen molar-refractivity contribution in [3.63, 3.8) is 0 Å². The van der Waals surface area contributed by atoms with Crippen LogP contribution in [0.3, 0.4) is 0 Å². The van der Waals surface area contributed by atoms with E-state index in [0.29, 0.717) is 41.3 Å². The molecule has 33 heavy (non-hydrogen) atoms. The molecule has 1 fully saturated rings. The molecule has 174 valence electrons. The summed E-state index contributed by atoms with van der Waals surface area (Å²) in [6.07, 6.45) is 0. The molecule has 5 nitrogen and oxygen atoms in total. The van der Waals surface area contributed by atoms with Gasteiger partial charge in [0.25, 0.3) is 0 Å². The van der Waals surface area contributed by atoms with Crippen molar-refractivity contribution in [2.45, 2.75) is 20.1 Å². The first-order valence-electron chi connectivity index (χ1n) is 11.1. The third kappa shape index (κ3) is 6.47. The van der Waals surface area contributed by atoms with Gasteiger partial charge in [0.2, 0.25) is 0 Å². The number of ether oxygens (including phenoxy) is 3. The Labute approximate surface area is 205 Å². The van der Waals surface area contributed by atoms with E-state index >= 15 is 0 Å². The van der Waals surface area contributed by atoms with E-state index in [4.69, 9.17) is 37.4 Å². The predicted molar refractivity (Wildman–Crippen MR) is 135 cm³/mol. The lowest BCUT2D eigenvalue weighted by molar-refractivity contribution is 0.122. The SMILES string of the molecule is CCOc1cc(CNc2ccc(N3CCOCC3)cc2)cc(Cl)c1OCc1ccc(Cl)cc1. The van der Waals surface area contributed by atoms with Gasteiger partial charge in [0.05, 0.1) is 24.8 Å². The molecule has 0 bridgehead atoms. The van der Waals surface area contributed by atoms with Crippen LogP contribution in [0.2, 0.25) is 10.0 Å². The molecule has 0 unspecified atom stereocenters. The van der Waals surface area contributed by atoms with E-state index in [0.717, 1.165) is 43.1 Å². The van der Waals surface area contributed by atoms with E-state index in [1.807, 2.05) is 43.3 Å². The lowest BCUT2D eigenvalue weighted by atomic mass is 10.1. The first-order valence-corrected chi connectivity index (χ1v) is 11.9. The van der Waals surface area contributed by atoms with Gasteiger partial charge in [0, 0.05) is 36.0 Å². The minimum absolute atomic E-state index is 0.379. The molecule has 0 spiro atoms. The van der Waals surface area contributed by atoms with Crippen molar-refractivity contribution in [2.75, 3.05) is 43.1 Å². The van der Waals surface area contributed by atoms with E-state index in [1.165, 1.54) is 5.69 Å². The number of morpholine rings is 1. The summed E-state index contributed by atoms with van der Waals surface area (Å²) >= 11 is 12.5. The lowest BCUT2D eigenvalue weighted by Crippen LogP contribution is -2.36. The molecule has 1 aliphatic heterocycles. The van der Waals surface area contributed by atoms with Crippen molar-refractivity contribution in [2.24, 2.45) is 0 Å². The first kappa shape index (κ1) is 23.6. The van der Waals surface area contributed by atoms with Crippen molar-refractivity contribution >= 4 is 34.6 Å². The molecule has 0 radical (unpaired) electrons. The number of nitrogens with one attached hydrogen (secondary N) is 1. The number of hydrogen-bond acceptors (Lipinski definition) is 5. The summed E-state index contributed by atoms with van der Waals surface area (Å²) in [5.41, 5.74) is 4.28. The van der Waals surface area contributed by atoms with E-state index < -0.39 is 0 Å². The smallest absolute Gasteiger partial charge is 0.180 e. The fourth-order valence-electron chi connectivity index (χ4n) is 3.68. The van der Waals surface area contributed by atoms with E-state index in [1.54, 1.807) is 0 Å². The average Bonchev–Trinajstić information content (AvgIpc) is 2.84. The first-order chi connectivity index (χ1) is 16.1. The Kier molecular flexibility index (Phi) is 8.21. The molecule has 1 aliphatic rings. The van der Waals surface area contributed by atoms with Crippen molar-refractivity contribution in [3.8, 4) is 11.5 Å². The summed E-state index contributed by atoms with van der Waals surface area (Å²) in [4.78, 5) is 2.34. The van der Waals surface area contributed by atoms with Gasteiger partial charge in [0.15, 0.2) is 11.5 Å². The molecule has 0 saturated carbocycles. The molecule has 3 aromatic rings. The summed E-state index contributed by atoms with van der Waals surface area (Å²) in [7, 11) is 0. The highest BCUT2D eigenvalue weighted by Crippen LogP contribution is 2.37. The Bertz CT molecular complexity index is 1040. The Hall–Kier alpha value is -2.60. The van der Waals surface area contributed by atoms with Gasteiger partial charge in [-0.25, -0.2) is 0 Å². The van der Waals surface area contributed by atoms with Crippen LogP contribution in [0.15, 0.2) is 60.7 Å². The summed E-state index contributed by atoms with van der Waals surface area (Å²) in [6.45, 7) is 6.88. The van der Waals surface area contributed by atoms with Gasteiger partial charge in [-0.3, -0.25) is 0 Å². The predicted octanol–water partition coefficient (Wildman–Crippen LogP) is 6.42. The van der Waals surface area contributed by atoms with Crippen molar-refractivity contribution < 1.29 is 14.2 Å². The highest BCUT2D eigenvalue weighted by molar-refractivity contribution is 6.32. The van der Waals surface area contributed by atoms with E-state index in [-0.39, 0.29) is 0 Å². The second-order valence-corrected chi connectivity index (χ2v) is 8.60. The molecular formula is C26H28Cl2N2O3. The fraction of sp³-hybridized carbons (Fsp3) is 0.308. The fourth-order valence-corrected chi connectivity index (χ4v) is 4.09. The van der Waals surface area contributed by atoms with E-state index in [2.05, 4.69) is 34.5 Å². The third-order valence-corrected chi connectivity index (χ3v) is 5.94. The molecule has 0 aliphatic carbocycles. The highest BCUT2D eigenvalue weighted by atomic mass is 35.5. The number of rotatable bonds is 9. The Morgan fingerprint density at radius 1 is 0.909 bits per heavy atom. The molecule has 4 rings (SSSR count).